The Morgan fingerprint density at radius 2 is 2.12 bits per heavy atom. The van der Waals surface area contributed by atoms with E-state index in [1.165, 1.54) is 6.08 Å². The molecule has 3 N–H and O–H groups in total. The summed E-state index contributed by atoms with van der Waals surface area (Å²) in [6.07, 6.45) is 4.34. The van der Waals surface area contributed by atoms with E-state index in [1.807, 2.05) is 18.2 Å². The van der Waals surface area contributed by atoms with E-state index in [4.69, 9.17) is 0 Å². The van der Waals surface area contributed by atoms with Gasteiger partial charge in [0, 0.05) is 28.6 Å². The number of carbonyl (C=O) groups is 1. The van der Waals surface area contributed by atoms with Crippen molar-refractivity contribution in [2.75, 3.05) is 0 Å². The Bertz CT molecular complexity index is 979. The predicted molar refractivity (Wildman–Crippen MR) is 99.7 cm³/mol. The van der Waals surface area contributed by atoms with E-state index < -0.39 is 0 Å². The molecule has 0 spiro atoms. The molecule has 1 aliphatic rings. The van der Waals surface area contributed by atoms with Crippen LogP contribution in [0.3, 0.4) is 0 Å². The van der Waals surface area contributed by atoms with Crippen LogP contribution in [0.4, 0.5) is 0 Å². The second-order valence-corrected chi connectivity index (χ2v) is 6.63. The van der Waals surface area contributed by atoms with Gasteiger partial charge in [0.05, 0.1) is 5.69 Å². The van der Waals surface area contributed by atoms with Gasteiger partial charge >= 0.3 is 0 Å². The number of hydrogen-bond donors (Lipinski definition) is 3. The van der Waals surface area contributed by atoms with Crippen molar-refractivity contribution in [2.45, 2.75) is 31.2 Å². The Balaban J connectivity index is 1.67. The fourth-order valence-electron chi connectivity index (χ4n) is 3.72. The molecule has 1 aromatic carbocycles. The number of fused-ring (bicyclic) bond motifs is 1. The Kier molecular flexibility index (Phi) is 4.16. The predicted octanol–water partition coefficient (Wildman–Crippen LogP) is 3.27. The number of phenolic OH excluding ortho intramolecular Hbond substituents is 1. The average Bonchev–Trinajstić information content (AvgIpc) is 3.27. The number of para-hydroxylation sites is 1. The maximum atomic E-state index is 11.7. The summed E-state index contributed by atoms with van der Waals surface area (Å²) in [6, 6.07) is 11.2. The number of phenols is 1. The molecule has 2 aromatic heterocycles. The van der Waals surface area contributed by atoms with Crippen LogP contribution in [0, 0.1) is 0 Å². The smallest absolute Gasteiger partial charge is 0.243 e. The largest absolute Gasteiger partial charge is 0.507 e. The summed E-state index contributed by atoms with van der Waals surface area (Å²) in [5, 5.41) is 22.5. The Morgan fingerprint density at radius 3 is 2.92 bits per heavy atom. The Morgan fingerprint density at radius 1 is 1.27 bits per heavy atom. The molecule has 6 nitrogen and oxygen atoms in total. The molecule has 1 saturated carbocycles. The number of rotatable bonds is 4. The standard InChI is InChI=1S/C20H20N4O2/c1-2-19(26)21-15-8-5-7-13(15)16-10-12-11-17(23-24-20(12)22-16)14-6-3-4-9-18(14)25/h2-4,6,9-11,13,15,25H,1,5,7-8H2,(H,21,26)(H,22,24)/t13-,15+/m0/s1. The van der Waals surface area contributed by atoms with Crippen LogP contribution in [0.15, 0.2) is 49.1 Å². The Hall–Kier alpha value is -3.15. The number of carbonyl (C=O) groups excluding carboxylic acids is 1. The molecule has 0 bridgehead atoms. The van der Waals surface area contributed by atoms with E-state index in [-0.39, 0.29) is 23.6 Å². The average molecular weight is 348 g/mol. The van der Waals surface area contributed by atoms with Crippen LogP contribution in [-0.4, -0.2) is 32.2 Å². The lowest BCUT2D eigenvalue weighted by Crippen LogP contribution is -2.35. The monoisotopic (exact) mass is 348 g/mol. The molecule has 1 amide bonds. The number of aromatic nitrogens is 3. The molecular weight excluding hydrogens is 328 g/mol. The molecule has 1 aliphatic carbocycles. The van der Waals surface area contributed by atoms with Gasteiger partial charge in [0.2, 0.25) is 5.91 Å². The second kappa shape index (κ2) is 6.63. The maximum Gasteiger partial charge on any atom is 0.243 e. The first-order valence-electron chi connectivity index (χ1n) is 8.73. The summed E-state index contributed by atoms with van der Waals surface area (Å²) in [6.45, 7) is 3.52. The van der Waals surface area contributed by atoms with Crippen molar-refractivity contribution in [3.63, 3.8) is 0 Å². The fourth-order valence-corrected chi connectivity index (χ4v) is 3.72. The van der Waals surface area contributed by atoms with E-state index in [9.17, 15) is 9.90 Å². The molecule has 0 aliphatic heterocycles. The van der Waals surface area contributed by atoms with Crippen molar-refractivity contribution in [2.24, 2.45) is 0 Å². The van der Waals surface area contributed by atoms with Gasteiger partial charge in [0.1, 0.15) is 5.75 Å². The molecule has 4 rings (SSSR count). The van der Waals surface area contributed by atoms with Gasteiger partial charge in [-0.15, -0.1) is 10.2 Å². The van der Waals surface area contributed by atoms with Gasteiger partial charge in [-0.05, 0) is 43.2 Å². The normalized spacial score (nSPS) is 19.5. The SMILES string of the molecule is C=CC(=O)N[C@@H]1CCC[C@@H]1c1cc2cc(-c3ccccc3O)nnc2[nH]1. The number of hydrogen-bond acceptors (Lipinski definition) is 4. The Labute approximate surface area is 151 Å². The lowest BCUT2D eigenvalue weighted by molar-refractivity contribution is -0.117. The number of H-pyrrole nitrogens is 1. The number of nitrogens with zero attached hydrogens (tertiary/aromatic N) is 2. The molecule has 2 atom stereocenters. The van der Waals surface area contributed by atoms with Crippen LogP contribution in [-0.2, 0) is 4.79 Å². The van der Waals surface area contributed by atoms with Gasteiger partial charge in [-0.25, -0.2) is 0 Å². The second-order valence-electron chi connectivity index (χ2n) is 6.63. The molecule has 6 heteroatoms. The number of amides is 1. The van der Waals surface area contributed by atoms with Crippen LogP contribution in [0.1, 0.15) is 30.9 Å². The maximum absolute atomic E-state index is 11.7. The summed E-state index contributed by atoms with van der Waals surface area (Å²) < 4.78 is 0. The third kappa shape index (κ3) is 2.94. The van der Waals surface area contributed by atoms with E-state index in [0.29, 0.717) is 16.9 Å². The molecule has 1 fully saturated rings. The van der Waals surface area contributed by atoms with Crippen molar-refractivity contribution in [3.05, 3.63) is 54.7 Å². The minimum atomic E-state index is -0.139. The van der Waals surface area contributed by atoms with E-state index >= 15 is 0 Å². The molecular formula is C20H20N4O2. The minimum Gasteiger partial charge on any atom is -0.507 e. The van der Waals surface area contributed by atoms with Crippen molar-refractivity contribution in [3.8, 4) is 17.0 Å². The van der Waals surface area contributed by atoms with E-state index in [2.05, 4.69) is 33.1 Å². The number of aromatic hydroxyl groups is 1. The van der Waals surface area contributed by atoms with E-state index in [1.54, 1.807) is 12.1 Å². The summed E-state index contributed by atoms with van der Waals surface area (Å²) in [7, 11) is 0. The summed E-state index contributed by atoms with van der Waals surface area (Å²) in [5.41, 5.74) is 3.04. The lowest BCUT2D eigenvalue weighted by atomic mass is 9.99. The van der Waals surface area contributed by atoms with Crippen molar-refractivity contribution in [1.82, 2.24) is 20.5 Å². The topological polar surface area (TPSA) is 90.9 Å². The number of aromatic amines is 1. The summed E-state index contributed by atoms with van der Waals surface area (Å²) >= 11 is 0. The molecule has 26 heavy (non-hydrogen) atoms. The third-order valence-electron chi connectivity index (χ3n) is 5.01. The van der Waals surface area contributed by atoms with Gasteiger partial charge < -0.3 is 15.4 Å². The minimum absolute atomic E-state index is 0.0964. The first kappa shape index (κ1) is 16.3. The van der Waals surface area contributed by atoms with Crippen LogP contribution in [0.5, 0.6) is 5.75 Å². The third-order valence-corrected chi connectivity index (χ3v) is 5.01. The van der Waals surface area contributed by atoms with Crippen LogP contribution in [0.25, 0.3) is 22.3 Å². The highest BCUT2D eigenvalue weighted by molar-refractivity contribution is 5.87. The van der Waals surface area contributed by atoms with E-state index in [0.717, 1.165) is 30.3 Å². The molecule has 3 aromatic rings. The first-order chi connectivity index (χ1) is 12.7. The van der Waals surface area contributed by atoms with Gasteiger partial charge in [0.15, 0.2) is 5.65 Å². The zero-order chi connectivity index (χ0) is 18.1. The van der Waals surface area contributed by atoms with Crippen LogP contribution >= 0.6 is 0 Å². The highest BCUT2D eigenvalue weighted by Crippen LogP contribution is 2.36. The molecule has 0 unspecified atom stereocenters. The van der Waals surface area contributed by atoms with Crippen molar-refractivity contribution < 1.29 is 9.90 Å². The highest BCUT2D eigenvalue weighted by Gasteiger charge is 2.30. The van der Waals surface area contributed by atoms with Gasteiger partial charge in [-0.2, -0.15) is 0 Å². The first-order valence-corrected chi connectivity index (χ1v) is 8.73. The fraction of sp³-hybridized carbons (Fsp3) is 0.250. The molecule has 0 radical (unpaired) electrons. The van der Waals surface area contributed by atoms with Crippen LogP contribution < -0.4 is 5.32 Å². The number of nitrogens with one attached hydrogen (secondary N) is 2. The zero-order valence-corrected chi connectivity index (χ0v) is 14.3. The summed E-state index contributed by atoms with van der Waals surface area (Å²) in [5.74, 6) is 0.265. The molecule has 132 valence electrons. The molecule has 0 saturated heterocycles. The van der Waals surface area contributed by atoms with Crippen molar-refractivity contribution in [1.29, 1.82) is 0 Å². The number of benzene rings is 1. The quantitative estimate of drug-likeness (QED) is 0.631. The van der Waals surface area contributed by atoms with Gasteiger partial charge in [-0.1, -0.05) is 25.1 Å². The molecule has 2 heterocycles. The lowest BCUT2D eigenvalue weighted by Gasteiger charge is -2.19. The van der Waals surface area contributed by atoms with Gasteiger partial charge in [0.25, 0.3) is 0 Å². The van der Waals surface area contributed by atoms with Crippen LogP contribution in [0.2, 0.25) is 0 Å². The highest BCUT2D eigenvalue weighted by atomic mass is 16.3. The van der Waals surface area contributed by atoms with Crippen molar-refractivity contribution >= 4 is 16.9 Å². The zero-order valence-electron chi connectivity index (χ0n) is 14.3. The van der Waals surface area contributed by atoms with Gasteiger partial charge in [-0.3, -0.25) is 4.79 Å². The summed E-state index contributed by atoms with van der Waals surface area (Å²) in [4.78, 5) is 15.0.